The number of ether oxygens (including phenoxy) is 1. The minimum absolute atomic E-state index is 0.287. The van der Waals surface area contributed by atoms with Gasteiger partial charge in [0.1, 0.15) is 5.75 Å². The van der Waals surface area contributed by atoms with Gasteiger partial charge in [-0.25, -0.2) is 0 Å². The largest absolute Gasteiger partial charge is 0.495 e. The van der Waals surface area contributed by atoms with E-state index in [1.54, 1.807) is 13.3 Å². The van der Waals surface area contributed by atoms with Crippen molar-refractivity contribution < 1.29 is 4.74 Å². The number of aromatic nitrogens is 1. The lowest BCUT2D eigenvalue weighted by molar-refractivity contribution is 0.410. The van der Waals surface area contributed by atoms with Crippen LogP contribution in [0.3, 0.4) is 0 Å². The van der Waals surface area contributed by atoms with Gasteiger partial charge < -0.3 is 10.1 Å². The third kappa shape index (κ3) is 3.06. The second kappa shape index (κ2) is 6.50. The first-order chi connectivity index (χ1) is 10.3. The van der Waals surface area contributed by atoms with Crippen molar-refractivity contribution in [3.05, 3.63) is 53.9 Å². The highest BCUT2D eigenvalue weighted by molar-refractivity contribution is 8.00. The van der Waals surface area contributed by atoms with Gasteiger partial charge in [0.25, 0.3) is 0 Å². The molecule has 1 aromatic heterocycles. The van der Waals surface area contributed by atoms with E-state index in [-0.39, 0.29) is 6.04 Å². The summed E-state index contributed by atoms with van der Waals surface area (Å²) in [5, 5.41) is 4.11. The van der Waals surface area contributed by atoms with Gasteiger partial charge in [-0.05, 0) is 36.2 Å². The third-order valence-corrected chi connectivity index (χ3v) is 5.19. The zero-order valence-electron chi connectivity index (χ0n) is 12.4. The molecule has 3 nitrogen and oxygen atoms in total. The molecule has 0 radical (unpaired) electrons. The number of hydrogen-bond donors (Lipinski definition) is 1. The van der Waals surface area contributed by atoms with Gasteiger partial charge in [0.05, 0.1) is 13.3 Å². The van der Waals surface area contributed by atoms with Crippen LogP contribution in [0, 0.1) is 0 Å². The van der Waals surface area contributed by atoms with Crippen LogP contribution in [-0.2, 0) is 6.42 Å². The molecule has 0 saturated carbocycles. The molecule has 110 valence electrons. The molecule has 1 aliphatic heterocycles. The van der Waals surface area contributed by atoms with Gasteiger partial charge in [0.2, 0.25) is 0 Å². The van der Waals surface area contributed by atoms with Crippen LogP contribution in [0.4, 0.5) is 0 Å². The predicted octanol–water partition coefficient (Wildman–Crippen LogP) is 3.46. The molecule has 2 atom stereocenters. The normalized spacial score (nSPS) is 18.3. The van der Waals surface area contributed by atoms with Crippen molar-refractivity contribution in [2.45, 2.75) is 29.5 Å². The van der Waals surface area contributed by atoms with Gasteiger partial charge in [0, 0.05) is 22.4 Å². The van der Waals surface area contributed by atoms with E-state index in [2.05, 4.69) is 47.6 Å². The lowest BCUT2D eigenvalue weighted by Gasteiger charge is -2.24. The summed E-state index contributed by atoms with van der Waals surface area (Å²) in [6.07, 6.45) is 4.79. The molecule has 0 spiro atoms. The molecule has 0 aliphatic carbocycles. The second-order valence-corrected chi connectivity index (χ2v) is 6.44. The summed E-state index contributed by atoms with van der Waals surface area (Å²) in [4.78, 5) is 5.71. The zero-order chi connectivity index (χ0) is 14.7. The van der Waals surface area contributed by atoms with E-state index < -0.39 is 0 Å². The lowest BCUT2D eigenvalue weighted by Crippen LogP contribution is -2.30. The van der Waals surface area contributed by atoms with Crippen molar-refractivity contribution in [1.82, 2.24) is 10.3 Å². The number of nitrogens with one attached hydrogen (secondary N) is 1. The number of pyridine rings is 1. The Kier molecular flexibility index (Phi) is 4.46. The van der Waals surface area contributed by atoms with E-state index in [0.717, 1.165) is 18.7 Å². The molecule has 21 heavy (non-hydrogen) atoms. The lowest BCUT2D eigenvalue weighted by atomic mass is 10.00. The average Bonchev–Trinajstić information content (AvgIpc) is 2.96. The van der Waals surface area contributed by atoms with Gasteiger partial charge in [-0.1, -0.05) is 25.1 Å². The number of fused-ring (bicyclic) bond motifs is 1. The summed E-state index contributed by atoms with van der Waals surface area (Å²) in [6.45, 7) is 3.09. The molecule has 4 heteroatoms. The maximum absolute atomic E-state index is 5.31. The number of hydrogen-bond acceptors (Lipinski definition) is 4. The predicted molar refractivity (Wildman–Crippen MR) is 87.0 cm³/mol. The van der Waals surface area contributed by atoms with Crippen molar-refractivity contribution in [2.75, 3.05) is 13.7 Å². The Morgan fingerprint density at radius 1 is 1.38 bits per heavy atom. The van der Waals surface area contributed by atoms with Crippen LogP contribution < -0.4 is 10.1 Å². The smallest absolute Gasteiger partial charge is 0.137 e. The fraction of sp³-hybridized carbons (Fsp3) is 0.353. The van der Waals surface area contributed by atoms with Crippen molar-refractivity contribution in [1.29, 1.82) is 0 Å². The number of rotatable bonds is 5. The van der Waals surface area contributed by atoms with Gasteiger partial charge >= 0.3 is 0 Å². The summed E-state index contributed by atoms with van der Waals surface area (Å²) in [7, 11) is 1.68. The monoisotopic (exact) mass is 300 g/mol. The van der Waals surface area contributed by atoms with E-state index in [1.165, 1.54) is 16.0 Å². The fourth-order valence-corrected chi connectivity index (χ4v) is 4.23. The van der Waals surface area contributed by atoms with Crippen LogP contribution in [0.1, 0.15) is 24.1 Å². The third-order valence-electron chi connectivity index (χ3n) is 3.80. The fourth-order valence-electron chi connectivity index (χ4n) is 2.80. The first-order valence-electron chi connectivity index (χ1n) is 7.28. The van der Waals surface area contributed by atoms with Gasteiger partial charge in [-0.3, -0.25) is 4.98 Å². The van der Waals surface area contributed by atoms with Crippen molar-refractivity contribution in [3.8, 4) is 5.75 Å². The summed E-state index contributed by atoms with van der Waals surface area (Å²) >= 11 is 1.96. The zero-order valence-corrected chi connectivity index (χ0v) is 13.2. The Morgan fingerprint density at radius 2 is 2.24 bits per heavy atom. The van der Waals surface area contributed by atoms with E-state index in [9.17, 15) is 0 Å². The first kappa shape index (κ1) is 14.4. The summed E-state index contributed by atoms with van der Waals surface area (Å²) in [5.74, 6) is 0.816. The van der Waals surface area contributed by atoms with Crippen LogP contribution in [0.15, 0.2) is 47.6 Å². The van der Waals surface area contributed by atoms with Crippen LogP contribution in [0.2, 0.25) is 0 Å². The van der Waals surface area contributed by atoms with Crippen molar-refractivity contribution in [2.24, 2.45) is 0 Å². The van der Waals surface area contributed by atoms with Gasteiger partial charge in [-0.2, -0.15) is 0 Å². The molecule has 1 aliphatic rings. The van der Waals surface area contributed by atoms with E-state index in [4.69, 9.17) is 4.74 Å². The Labute approximate surface area is 130 Å². The highest BCUT2D eigenvalue weighted by Crippen LogP contribution is 2.42. The first-order valence-corrected chi connectivity index (χ1v) is 8.16. The number of nitrogens with zero attached hydrogens (tertiary/aromatic N) is 1. The highest BCUT2D eigenvalue weighted by atomic mass is 32.2. The molecule has 2 unspecified atom stereocenters. The molecular weight excluding hydrogens is 280 g/mol. The molecule has 0 bridgehead atoms. The van der Waals surface area contributed by atoms with Crippen LogP contribution in [0.25, 0.3) is 0 Å². The average molecular weight is 300 g/mol. The maximum atomic E-state index is 5.31. The minimum atomic E-state index is 0.287. The molecule has 1 N–H and O–H groups in total. The Hall–Kier alpha value is -1.52. The summed E-state index contributed by atoms with van der Waals surface area (Å²) in [5.41, 5.74) is 2.65. The topological polar surface area (TPSA) is 34.2 Å². The molecule has 3 rings (SSSR count). The SMILES string of the molecule is CCNC(c1cncc(OC)c1)C1Cc2ccccc2S1. The van der Waals surface area contributed by atoms with Crippen molar-refractivity contribution >= 4 is 11.8 Å². The van der Waals surface area contributed by atoms with Crippen LogP contribution in [0.5, 0.6) is 5.75 Å². The van der Waals surface area contributed by atoms with Gasteiger partial charge in [0.15, 0.2) is 0 Å². The second-order valence-electron chi connectivity index (χ2n) is 5.16. The molecule has 0 saturated heterocycles. The Morgan fingerprint density at radius 3 is 3.00 bits per heavy atom. The van der Waals surface area contributed by atoms with E-state index >= 15 is 0 Å². The Balaban J connectivity index is 1.85. The summed E-state index contributed by atoms with van der Waals surface area (Å²) < 4.78 is 5.31. The molecule has 0 amide bonds. The maximum Gasteiger partial charge on any atom is 0.137 e. The number of thioether (sulfide) groups is 1. The number of methoxy groups -OCH3 is 1. The standard InChI is InChI=1S/C17H20N2OS/c1-3-19-17(13-8-14(20-2)11-18-10-13)16-9-12-6-4-5-7-15(12)21-16/h4-8,10-11,16-17,19H,3,9H2,1-2H3. The molecule has 0 fully saturated rings. The van der Waals surface area contributed by atoms with Gasteiger partial charge in [-0.15, -0.1) is 11.8 Å². The quantitative estimate of drug-likeness (QED) is 0.917. The van der Waals surface area contributed by atoms with Crippen LogP contribution >= 0.6 is 11.8 Å². The molecule has 1 aromatic carbocycles. The Bertz CT molecular complexity index is 592. The molecular formula is C17H20N2OS. The molecule has 2 heterocycles. The van der Waals surface area contributed by atoms with Crippen LogP contribution in [-0.4, -0.2) is 23.9 Å². The molecule has 2 aromatic rings. The van der Waals surface area contributed by atoms with E-state index in [1.807, 2.05) is 18.0 Å². The number of benzene rings is 1. The highest BCUT2D eigenvalue weighted by Gasteiger charge is 2.30. The minimum Gasteiger partial charge on any atom is -0.495 e. The van der Waals surface area contributed by atoms with Crippen molar-refractivity contribution in [3.63, 3.8) is 0 Å². The van der Waals surface area contributed by atoms with E-state index in [0.29, 0.717) is 5.25 Å². The summed E-state index contributed by atoms with van der Waals surface area (Å²) in [6, 6.07) is 11.1.